The van der Waals surface area contributed by atoms with Crippen molar-refractivity contribution in [2.45, 2.75) is 335 Å². The number of carbonyl (C=O) groups is 3. The highest BCUT2D eigenvalue weighted by atomic mass is 16.6. The van der Waals surface area contributed by atoms with E-state index in [1.807, 2.05) is 0 Å². The van der Waals surface area contributed by atoms with Crippen LogP contribution in [-0.2, 0) is 28.6 Å². The number of unbranched alkanes of at least 4 members (excludes halogenated alkanes) is 35. The molecule has 0 amide bonds. The molecule has 0 rings (SSSR count). The summed E-state index contributed by atoms with van der Waals surface area (Å²) in [7, 11) is 0. The average Bonchev–Trinajstić information content (AvgIpc) is 3.43. The largest absolute Gasteiger partial charge is 0.462 e. The van der Waals surface area contributed by atoms with E-state index in [1.54, 1.807) is 0 Å². The molecule has 0 saturated heterocycles. The highest BCUT2D eigenvalue weighted by Crippen LogP contribution is 2.17. The third kappa shape index (κ3) is 63.3. The summed E-state index contributed by atoms with van der Waals surface area (Å²) in [4.78, 5) is 38.3. The van der Waals surface area contributed by atoms with Crippen molar-refractivity contribution in [2.24, 2.45) is 0 Å². The monoisotopic (exact) mass is 1070 g/mol. The topological polar surface area (TPSA) is 78.9 Å². The van der Waals surface area contributed by atoms with E-state index in [0.29, 0.717) is 19.3 Å². The van der Waals surface area contributed by atoms with Gasteiger partial charge in [-0.15, -0.1) is 0 Å². The molecule has 0 aromatic rings. The summed E-state index contributed by atoms with van der Waals surface area (Å²) in [6.07, 6.45) is 86.0. The summed E-state index contributed by atoms with van der Waals surface area (Å²) in [6.45, 7) is 6.50. The van der Waals surface area contributed by atoms with E-state index < -0.39 is 6.10 Å². The Morgan fingerprint density at radius 1 is 0.273 bits per heavy atom. The van der Waals surface area contributed by atoms with E-state index >= 15 is 0 Å². The molecule has 0 aliphatic rings. The molecule has 0 heterocycles. The second-order valence-corrected chi connectivity index (χ2v) is 22.0. The molecule has 6 nitrogen and oxygen atoms in total. The molecule has 0 aliphatic heterocycles. The smallest absolute Gasteiger partial charge is 0.306 e. The van der Waals surface area contributed by atoms with Crippen molar-refractivity contribution in [3.8, 4) is 0 Å². The van der Waals surface area contributed by atoms with Gasteiger partial charge >= 0.3 is 17.9 Å². The van der Waals surface area contributed by atoms with Gasteiger partial charge in [0.25, 0.3) is 0 Å². The van der Waals surface area contributed by atoms with E-state index in [-0.39, 0.29) is 31.1 Å². The van der Waals surface area contributed by atoms with Crippen LogP contribution in [0.1, 0.15) is 329 Å². The number of allylic oxidation sites excluding steroid dienone is 14. The summed E-state index contributed by atoms with van der Waals surface area (Å²) < 4.78 is 16.9. The first-order chi connectivity index (χ1) is 38.0. The van der Waals surface area contributed by atoms with Crippen molar-refractivity contribution < 1.29 is 28.6 Å². The lowest BCUT2D eigenvalue weighted by atomic mass is 10.0. The molecule has 0 fully saturated rings. The van der Waals surface area contributed by atoms with Gasteiger partial charge in [0.15, 0.2) is 6.10 Å². The van der Waals surface area contributed by atoms with E-state index in [1.165, 1.54) is 193 Å². The lowest BCUT2D eigenvalue weighted by Crippen LogP contribution is -2.30. The van der Waals surface area contributed by atoms with Gasteiger partial charge in [-0.1, -0.05) is 286 Å². The Labute approximate surface area is 477 Å². The fraction of sp³-hybridized carbons (Fsp3) is 0.761. The zero-order chi connectivity index (χ0) is 55.7. The van der Waals surface area contributed by atoms with Gasteiger partial charge in [-0.05, 0) is 109 Å². The molecule has 1 atom stereocenters. The second kappa shape index (κ2) is 65.1. The van der Waals surface area contributed by atoms with Crippen LogP contribution in [0.3, 0.4) is 0 Å². The Morgan fingerprint density at radius 2 is 0.519 bits per heavy atom. The first-order valence-electron chi connectivity index (χ1n) is 33.1. The van der Waals surface area contributed by atoms with Crippen molar-refractivity contribution in [2.75, 3.05) is 13.2 Å². The van der Waals surface area contributed by atoms with Crippen molar-refractivity contribution in [3.05, 3.63) is 85.1 Å². The maximum Gasteiger partial charge on any atom is 0.306 e. The highest BCUT2D eigenvalue weighted by Gasteiger charge is 2.19. The highest BCUT2D eigenvalue weighted by molar-refractivity contribution is 5.71. The van der Waals surface area contributed by atoms with Crippen LogP contribution in [0.2, 0.25) is 0 Å². The first-order valence-corrected chi connectivity index (χ1v) is 33.1. The van der Waals surface area contributed by atoms with Crippen molar-refractivity contribution >= 4 is 17.9 Å². The molecule has 0 N–H and O–H groups in total. The maximum absolute atomic E-state index is 12.9. The SMILES string of the molecule is CC/C=C\C/C=C\C/C=C\C/C=C\CCCCCCCCCCCCCCCCC(=O)OCC(COC(=O)CCCCCCC/C=C\CCCC)OC(=O)CCCCCCCCCCC/C=C\C/C=C\CCCCCCC. The molecule has 77 heavy (non-hydrogen) atoms. The Kier molecular flexibility index (Phi) is 62.2. The Morgan fingerprint density at radius 3 is 0.844 bits per heavy atom. The normalized spacial score (nSPS) is 12.6. The summed E-state index contributed by atoms with van der Waals surface area (Å²) in [6, 6.07) is 0. The van der Waals surface area contributed by atoms with Crippen LogP contribution in [0, 0.1) is 0 Å². The van der Waals surface area contributed by atoms with Gasteiger partial charge < -0.3 is 14.2 Å². The van der Waals surface area contributed by atoms with Crippen LogP contribution in [0.25, 0.3) is 0 Å². The minimum Gasteiger partial charge on any atom is -0.462 e. The zero-order valence-corrected chi connectivity index (χ0v) is 51.0. The summed E-state index contributed by atoms with van der Waals surface area (Å²) >= 11 is 0. The van der Waals surface area contributed by atoms with Crippen molar-refractivity contribution in [3.63, 3.8) is 0 Å². The fourth-order valence-corrected chi connectivity index (χ4v) is 9.39. The molecular weight excluding hydrogens is 949 g/mol. The number of esters is 3. The van der Waals surface area contributed by atoms with Gasteiger partial charge in [0.05, 0.1) is 0 Å². The molecule has 0 spiro atoms. The molecule has 0 aliphatic carbocycles. The Hall–Kier alpha value is -3.41. The molecule has 444 valence electrons. The van der Waals surface area contributed by atoms with Gasteiger partial charge in [0, 0.05) is 19.3 Å². The van der Waals surface area contributed by atoms with E-state index in [9.17, 15) is 14.4 Å². The minimum absolute atomic E-state index is 0.0790. The molecule has 1 unspecified atom stereocenters. The van der Waals surface area contributed by atoms with Crippen LogP contribution in [0.4, 0.5) is 0 Å². The first kappa shape index (κ1) is 73.6. The van der Waals surface area contributed by atoms with E-state index in [4.69, 9.17) is 14.2 Å². The third-order valence-corrected chi connectivity index (χ3v) is 14.4. The van der Waals surface area contributed by atoms with E-state index in [0.717, 1.165) is 96.3 Å². The van der Waals surface area contributed by atoms with Crippen molar-refractivity contribution in [1.82, 2.24) is 0 Å². The third-order valence-electron chi connectivity index (χ3n) is 14.4. The van der Waals surface area contributed by atoms with Gasteiger partial charge in [0.2, 0.25) is 0 Å². The molecule has 0 aromatic heterocycles. The lowest BCUT2D eigenvalue weighted by molar-refractivity contribution is -0.167. The number of ether oxygens (including phenoxy) is 3. The number of hydrogen-bond acceptors (Lipinski definition) is 6. The standard InChI is InChI=1S/C71H124O6/c1-4-7-10-13-16-19-22-24-26-28-30-32-33-34-35-36-37-39-40-42-44-46-49-52-55-58-61-64-70(73)76-67-68(66-75-69(72)63-60-57-54-51-48-21-18-15-12-9-6-3)77-71(74)65-62-59-56-53-50-47-45-43-41-38-31-29-27-25-23-20-17-14-11-8-5-2/h7,10,15-16,18-19,23-26,29-32,68H,4-6,8-9,11-14,17,20-22,27-28,33-67H2,1-3H3/b10-7-,18-15-,19-16-,25-23-,26-24-,31-29-,32-30-. The van der Waals surface area contributed by atoms with Crippen molar-refractivity contribution in [1.29, 1.82) is 0 Å². The van der Waals surface area contributed by atoms with Gasteiger partial charge in [-0.3, -0.25) is 14.4 Å². The summed E-state index contributed by atoms with van der Waals surface area (Å²) in [5.74, 6) is -0.881. The Balaban J connectivity index is 4.24. The second-order valence-electron chi connectivity index (χ2n) is 22.0. The average molecular weight is 1070 g/mol. The molecule has 0 aromatic carbocycles. The van der Waals surface area contributed by atoms with Crippen LogP contribution in [-0.4, -0.2) is 37.2 Å². The van der Waals surface area contributed by atoms with Crippen LogP contribution in [0.5, 0.6) is 0 Å². The van der Waals surface area contributed by atoms with Gasteiger partial charge in [-0.2, -0.15) is 0 Å². The van der Waals surface area contributed by atoms with Crippen LogP contribution < -0.4 is 0 Å². The predicted molar refractivity (Wildman–Crippen MR) is 334 cm³/mol. The predicted octanol–water partition coefficient (Wildman–Crippen LogP) is 22.7. The molecule has 0 bridgehead atoms. The van der Waals surface area contributed by atoms with Gasteiger partial charge in [0.1, 0.15) is 13.2 Å². The number of rotatable bonds is 60. The lowest BCUT2D eigenvalue weighted by Gasteiger charge is -2.18. The molecular formula is C71H124O6. The van der Waals surface area contributed by atoms with E-state index in [2.05, 4.69) is 106 Å². The fourth-order valence-electron chi connectivity index (χ4n) is 9.39. The summed E-state index contributed by atoms with van der Waals surface area (Å²) in [5.41, 5.74) is 0. The summed E-state index contributed by atoms with van der Waals surface area (Å²) in [5, 5.41) is 0. The number of carbonyl (C=O) groups excluding carboxylic acids is 3. The van der Waals surface area contributed by atoms with Crippen LogP contribution >= 0.6 is 0 Å². The Bertz CT molecular complexity index is 1470. The zero-order valence-electron chi connectivity index (χ0n) is 51.0. The number of hydrogen-bond donors (Lipinski definition) is 0. The minimum atomic E-state index is -0.782. The van der Waals surface area contributed by atoms with Gasteiger partial charge in [-0.25, -0.2) is 0 Å². The van der Waals surface area contributed by atoms with Crippen LogP contribution in [0.15, 0.2) is 85.1 Å². The maximum atomic E-state index is 12.9. The molecule has 6 heteroatoms. The quantitative estimate of drug-likeness (QED) is 0.0261. The molecule has 0 radical (unpaired) electrons. The molecule has 0 saturated carbocycles.